The van der Waals surface area contributed by atoms with Crippen molar-refractivity contribution in [3.8, 4) is 11.5 Å². The molecule has 204 valence electrons. The standard InChI is InChI=1S/C27H28N4O7S/c1-7-38-26(33)23-15(2)28-27-30(24(23)16-8-10-18(11-9-16)29(3)4)25(32)22(39-27)13-17-12-20(36-5)21(37-6)14-19(17)31(34)35/h8-14,24H,7H2,1-6H3/b22-13-/t24-/m0/s1. The van der Waals surface area contributed by atoms with E-state index in [1.165, 1.54) is 37.0 Å². The molecule has 39 heavy (non-hydrogen) atoms. The van der Waals surface area contributed by atoms with Gasteiger partial charge >= 0.3 is 5.97 Å². The molecule has 1 aliphatic heterocycles. The molecule has 0 unspecified atom stereocenters. The second kappa shape index (κ2) is 11.1. The molecule has 2 heterocycles. The van der Waals surface area contributed by atoms with Crippen LogP contribution in [-0.4, -0.2) is 50.4 Å². The van der Waals surface area contributed by atoms with Crippen LogP contribution in [0.1, 0.15) is 31.0 Å². The predicted octanol–water partition coefficient (Wildman–Crippen LogP) is 2.79. The van der Waals surface area contributed by atoms with E-state index in [1.54, 1.807) is 13.8 Å². The number of benzene rings is 2. The molecule has 3 aromatic rings. The van der Waals surface area contributed by atoms with E-state index < -0.39 is 22.5 Å². The van der Waals surface area contributed by atoms with Crippen molar-refractivity contribution >= 4 is 34.8 Å². The fourth-order valence-electron chi connectivity index (χ4n) is 4.36. The summed E-state index contributed by atoms with van der Waals surface area (Å²) in [5, 5.41) is 11.8. The maximum Gasteiger partial charge on any atom is 0.338 e. The van der Waals surface area contributed by atoms with Gasteiger partial charge in [-0.15, -0.1) is 0 Å². The number of rotatable bonds is 8. The summed E-state index contributed by atoms with van der Waals surface area (Å²) in [4.78, 5) is 45.0. The van der Waals surface area contributed by atoms with E-state index in [9.17, 15) is 19.7 Å². The number of hydrogen-bond acceptors (Lipinski definition) is 10. The second-order valence-corrected chi connectivity index (χ2v) is 9.82. The Balaban J connectivity index is 1.98. The minimum atomic E-state index is -0.793. The van der Waals surface area contributed by atoms with E-state index in [-0.39, 0.29) is 39.5 Å². The van der Waals surface area contributed by atoms with Crippen LogP contribution in [-0.2, 0) is 9.53 Å². The Morgan fingerprint density at radius 3 is 2.38 bits per heavy atom. The van der Waals surface area contributed by atoms with Crippen molar-refractivity contribution in [3.05, 3.63) is 88.6 Å². The average molecular weight is 553 g/mol. The number of aromatic nitrogens is 1. The van der Waals surface area contributed by atoms with E-state index in [1.807, 2.05) is 43.3 Å². The number of carbonyl (C=O) groups excluding carboxylic acids is 1. The molecule has 2 aromatic carbocycles. The summed E-state index contributed by atoms with van der Waals surface area (Å²) < 4.78 is 17.5. The highest BCUT2D eigenvalue weighted by atomic mass is 32.1. The summed E-state index contributed by atoms with van der Waals surface area (Å²) in [6, 6.07) is 9.41. The highest BCUT2D eigenvalue weighted by molar-refractivity contribution is 7.07. The first-order valence-electron chi connectivity index (χ1n) is 12.0. The van der Waals surface area contributed by atoms with Gasteiger partial charge in [-0.2, -0.15) is 0 Å². The Kier molecular flexibility index (Phi) is 7.86. The number of methoxy groups -OCH3 is 2. The number of ether oxygens (including phenoxy) is 3. The lowest BCUT2D eigenvalue weighted by Gasteiger charge is -2.25. The van der Waals surface area contributed by atoms with Gasteiger partial charge in [0.25, 0.3) is 11.2 Å². The van der Waals surface area contributed by atoms with Crippen LogP contribution in [0.25, 0.3) is 6.08 Å². The number of nitrogens with zero attached hydrogens (tertiary/aromatic N) is 4. The maximum absolute atomic E-state index is 13.8. The van der Waals surface area contributed by atoms with Crippen molar-refractivity contribution in [2.24, 2.45) is 4.99 Å². The maximum atomic E-state index is 13.8. The Labute approximate surface area is 228 Å². The third kappa shape index (κ3) is 5.15. The van der Waals surface area contributed by atoms with Crippen LogP contribution >= 0.6 is 11.3 Å². The average Bonchev–Trinajstić information content (AvgIpc) is 3.21. The lowest BCUT2D eigenvalue weighted by molar-refractivity contribution is -0.385. The zero-order valence-electron chi connectivity index (χ0n) is 22.4. The molecular weight excluding hydrogens is 524 g/mol. The van der Waals surface area contributed by atoms with Crippen LogP contribution in [0, 0.1) is 10.1 Å². The monoisotopic (exact) mass is 552 g/mol. The minimum Gasteiger partial charge on any atom is -0.493 e. The minimum absolute atomic E-state index is 0.162. The van der Waals surface area contributed by atoms with Gasteiger partial charge in [0.15, 0.2) is 16.3 Å². The number of nitro benzene ring substituents is 1. The summed E-state index contributed by atoms with van der Waals surface area (Å²) in [6.45, 7) is 3.57. The van der Waals surface area contributed by atoms with Crippen LogP contribution < -0.4 is 29.3 Å². The fraction of sp³-hybridized carbons (Fsp3) is 0.296. The molecule has 0 spiro atoms. The first-order valence-corrected chi connectivity index (χ1v) is 12.8. The van der Waals surface area contributed by atoms with Crippen molar-refractivity contribution in [2.45, 2.75) is 19.9 Å². The van der Waals surface area contributed by atoms with Gasteiger partial charge in [0, 0.05) is 19.8 Å². The SMILES string of the molecule is CCOC(=O)C1=C(C)N=c2s/c(=C\c3cc(OC)c(OC)cc3[N+](=O)[O-])c(=O)n2[C@H]1c1ccc(N(C)C)cc1. The van der Waals surface area contributed by atoms with Crippen LogP contribution in [0.15, 0.2) is 57.5 Å². The van der Waals surface area contributed by atoms with Gasteiger partial charge in [-0.3, -0.25) is 19.5 Å². The molecule has 0 amide bonds. The molecule has 0 radical (unpaired) electrons. The third-order valence-corrected chi connectivity index (χ3v) is 7.24. The van der Waals surface area contributed by atoms with Crippen molar-refractivity contribution < 1.29 is 23.9 Å². The number of esters is 1. The number of hydrogen-bond donors (Lipinski definition) is 0. The van der Waals surface area contributed by atoms with E-state index in [0.717, 1.165) is 17.0 Å². The Hall–Kier alpha value is -4.45. The Morgan fingerprint density at radius 1 is 1.18 bits per heavy atom. The fourth-order valence-corrected chi connectivity index (χ4v) is 5.40. The van der Waals surface area contributed by atoms with Crippen LogP contribution in [0.5, 0.6) is 11.5 Å². The molecule has 0 aliphatic carbocycles. The zero-order chi connectivity index (χ0) is 28.4. The first-order chi connectivity index (χ1) is 18.6. The summed E-state index contributed by atoms with van der Waals surface area (Å²) in [5.41, 5.74) is 1.80. The van der Waals surface area contributed by atoms with Crippen molar-refractivity contribution in [3.63, 3.8) is 0 Å². The molecule has 1 aliphatic rings. The van der Waals surface area contributed by atoms with Crippen molar-refractivity contribution in [2.75, 3.05) is 39.8 Å². The quantitative estimate of drug-likeness (QED) is 0.237. The Morgan fingerprint density at radius 2 is 1.82 bits per heavy atom. The Bertz CT molecular complexity index is 1650. The molecule has 0 fully saturated rings. The summed E-state index contributed by atoms with van der Waals surface area (Å²) in [6.07, 6.45) is 1.43. The van der Waals surface area contributed by atoms with Crippen LogP contribution in [0.3, 0.4) is 0 Å². The van der Waals surface area contributed by atoms with Gasteiger partial charge in [0.2, 0.25) is 0 Å². The topological polar surface area (TPSA) is 126 Å². The molecule has 12 heteroatoms. The van der Waals surface area contributed by atoms with Crippen molar-refractivity contribution in [1.82, 2.24) is 4.57 Å². The van der Waals surface area contributed by atoms with Crippen LogP contribution in [0.2, 0.25) is 0 Å². The van der Waals surface area contributed by atoms with Crippen molar-refractivity contribution in [1.29, 1.82) is 0 Å². The number of fused-ring (bicyclic) bond motifs is 1. The van der Waals surface area contributed by atoms with E-state index in [4.69, 9.17) is 14.2 Å². The highest BCUT2D eigenvalue weighted by Gasteiger charge is 2.33. The molecule has 4 rings (SSSR count). The van der Waals surface area contributed by atoms with E-state index in [2.05, 4.69) is 4.99 Å². The predicted molar refractivity (Wildman–Crippen MR) is 147 cm³/mol. The molecule has 11 nitrogen and oxygen atoms in total. The lowest BCUT2D eigenvalue weighted by Crippen LogP contribution is -2.40. The van der Waals surface area contributed by atoms with E-state index in [0.29, 0.717) is 16.1 Å². The molecule has 0 N–H and O–H groups in total. The second-order valence-electron chi connectivity index (χ2n) is 8.81. The number of carbonyl (C=O) groups is 1. The number of anilines is 1. The van der Waals surface area contributed by atoms with Crippen LogP contribution in [0.4, 0.5) is 11.4 Å². The summed E-state index contributed by atoms with van der Waals surface area (Å²) in [5.74, 6) is -0.0923. The summed E-state index contributed by atoms with van der Waals surface area (Å²) in [7, 11) is 6.63. The number of nitro groups is 1. The van der Waals surface area contributed by atoms with Gasteiger partial charge < -0.3 is 19.1 Å². The molecule has 0 saturated carbocycles. The number of thiazole rings is 1. The molecular formula is C27H28N4O7S. The molecule has 1 aromatic heterocycles. The van der Waals surface area contributed by atoms with Gasteiger partial charge in [0.05, 0.1) is 59.2 Å². The smallest absolute Gasteiger partial charge is 0.338 e. The largest absolute Gasteiger partial charge is 0.493 e. The van der Waals surface area contributed by atoms with Gasteiger partial charge in [0.1, 0.15) is 0 Å². The highest BCUT2D eigenvalue weighted by Crippen LogP contribution is 2.35. The van der Waals surface area contributed by atoms with Gasteiger partial charge in [-0.1, -0.05) is 23.5 Å². The van der Waals surface area contributed by atoms with Gasteiger partial charge in [-0.25, -0.2) is 9.79 Å². The summed E-state index contributed by atoms with van der Waals surface area (Å²) >= 11 is 1.08. The molecule has 0 saturated heterocycles. The van der Waals surface area contributed by atoms with Gasteiger partial charge in [-0.05, 0) is 43.7 Å². The lowest BCUT2D eigenvalue weighted by atomic mass is 9.95. The number of allylic oxidation sites excluding steroid dienone is 1. The third-order valence-electron chi connectivity index (χ3n) is 6.26. The molecule has 0 bridgehead atoms. The molecule has 1 atom stereocenters. The normalized spacial score (nSPS) is 14.9. The zero-order valence-corrected chi connectivity index (χ0v) is 23.2. The first kappa shape index (κ1) is 27.6. The van der Waals surface area contributed by atoms with E-state index >= 15 is 0 Å².